The van der Waals surface area contributed by atoms with E-state index in [4.69, 9.17) is 11.6 Å². The Morgan fingerprint density at radius 2 is 1.79 bits per heavy atom. The van der Waals surface area contributed by atoms with Crippen LogP contribution in [0.2, 0.25) is 5.02 Å². The topological polar surface area (TPSA) is 53.5 Å². The maximum atomic E-state index is 12.7. The number of aromatic nitrogens is 1. The molecule has 3 heterocycles. The molecule has 0 N–H and O–H groups in total. The summed E-state index contributed by atoms with van der Waals surface area (Å²) >= 11 is 7.75. The molecule has 2 aliphatic heterocycles. The smallest absolute Gasteiger partial charge is 0.228 e. The van der Waals surface area contributed by atoms with Crippen molar-refractivity contribution in [3.05, 3.63) is 40.4 Å². The molecule has 0 bridgehead atoms. The Morgan fingerprint density at radius 3 is 2.50 bits per heavy atom. The summed E-state index contributed by atoms with van der Waals surface area (Å²) < 4.78 is 0. The summed E-state index contributed by atoms with van der Waals surface area (Å²) in [6, 6.07) is 7.61. The van der Waals surface area contributed by atoms with Crippen molar-refractivity contribution in [3.8, 4) is 10.6 Å². The zero-order chi connectivity index (χ0) is 19.5. The second kappa shape index (κ2) is 8.62. The SMILES string of the molecule is O=C(Cc1csc(-c2ccccc2Cl)n1)N1CCC(C(=O)N2CCCC2)CC1. The van der Waals surface area contributed by atoms with Gasteiger partial charge in [0.2, 0.25) is 11.8 Å². The first-order valence-corrected chi connectivity index (χ1v) is 11.1. The standard InChI is InChI=1S/C21H24ClN3O2S/c22-18-6-2-1-5-17(18)20-23-16(14-28-20)13-19(26)24-11-7-15(8-12-24)21(27)25-9-3-4-10-25/h1-2,5-6,14-15H,3-4,7-13H2. The van der Waals surface area contributed by atoms with Crippen molar-refractivity contribution in [2.24, 2.45) is 5.92 Å². The van der Waals surface area contributed by atoms with Gasteiger partial charge in [0.05, 0.1) is 17.1 Å². The number of hydrogen-bond acceptors (Lipinski definition) is 4. The zero-order valence-electron chi connectivity index (χ0n) is 15.8. The van der Waals surface area contributed by atoms with Crippen molar-refractivity contribution < 1.29 is 9.59 Å². The molecule has 1 aromatic carbocycles. The average Bonchev–Trinajstić information content (AvgIpc) is 3.40. The summed E-state index contributed by atoms with van der Waals surface area (Å²) in [6.07, 6.45) is 4.07. The van der Waals surface area contributed by atoms with Crippen molar-refractivity contribution in [1.29, 1.82) is 0 Å². The largest absolute Gasteiger partial charge is 0.342 e. The average molecular weight is 418 g/mol. The van der Waals surface area contributed by atoms with Gasteiger partial charge in [-0.05, 0) is 31.7 Å². The predicted molar refractivity (Wildman–Crippen MR) is 111 cm³/mol. The molecule has 7 heteroatoms. The van der Waals surface area contributed by atoms with E-state index in [9.17, 15) is 9.59 Å². The third kappa shape index (κ3) is 4.23. The Bertz CT molecular complexity index is 855. The molecule has 0 saturated carbocycles. The summed E-state index contributed by atoms with van der Waals surface area (Å²) in [5, 5.41) is 3.43. The lowest BCUT2D eigenvalue weighted by atomic mass is 9.95. The number of thiazole rings is 1. The fourth-order valence-electron chi connectivity index (χ4n) is 3.98. The van der Waals surface area contributed by atoms with Gasteiger partial charge in [-0.3, -0.25) is 9.59 Å². The maximum absolute atomic E-state index is 12.7. The molecular formula is C21H24ClN3O2S. The van der Waals surface area contributed by atoms with Crippen molar-refractivity contribution in [1.82, 2.24) is 14.8 Å². The summed E-state index contributed by atoms with van der Waals surface area (Å²) in [6.45, 7) is 3.11. The first kappa shape index (κ1) is 19.4. The molecule has 0 aliphatic carbocycles. The first-order valence-electron chi connectivity index (χ1n) is 9.87. The minimum Gasteiger partial charge on any atom is -0.342 e. The molecule has 0 spiro atoms. The number of nitrogens with zero attached hydrogens (tertiary/aromatic N) is 3. The quantitative estimate of drug-likeness (QED) is 0.758. The summed E-state index contributed by atoms with van der Waals surface area (Å²) in [5.74, 6) is 0.449. The van der Waals surface area contributed by atoms with Crippen LogP contribution in [0.5, 0.6) is 0 Å². The van der Waals surface area contributed by atoms with Gasteiger partial charge >= 0.3 is 0 Å². The lowest BCUT2D eigenvalue weighted by Gasteiger charge is -2.33. The van der Waals surface area contributed by atoms with Gasteiger partial charge in [0.25, 0.3) is 0 Å². The summed E-state index contributed by atoms with van der Waals surface area (Å²) in [7, 11) is 0. The number of benzene rings is 1. The predicted octanol–water partition coefficient (Wildman–Crippen LogP) is 3.87. The molecule has 0 radical (unpaired) electrons. The molecule has 2 saturated heterocycles. The maximum Gasteiger partial charge on any atom is 0.228 e. The molecule has 5 nitrogen and oxygen atoms in total. The van der Waals surface area contributed by atoms with E-state index in [1.807, 2.05) is 39.4 Å². The number of rotatable bonds is 4. The monoisotopic (exact) mass is 417 g/mol. The normalized spacial score (nSPS) is 17.9. The van der Waals surface area contributed by atoms with Gasteiger partial charge in [0.1, 0.15) is 5.01 Å². The van der Waals surface area contributed by atoms with E-state index in [0.717, 1.165) is 55.0 Å². The number of carbonyl (C=O) groups excluding carboxylic acids is 2. The lowest BCUT2D eigenvalue weighted by Crippen LogP contribution is -2.44. The Labute approximate surface area is 174 Å². The van der Waals surface area contributed by atoms with Crippen LogP contribution in [-0.2, 0) is 16.0 Å². The molecule has 1 aromatic heterocycles. The highest BCUT2D eigenvalue weighted by atomic mass is 35.5. The molecule has 4 rings (SSSR count). The first-order chi connectivity index (χ1) is 13.6. The molecular weight excluding hydrogens is 394 g/mol. The lowest BCUT2D eigenvalue weighted by molar-refractivity contribution is -0.139. The third-order valence-corrected chi connectivity index (χ3v) is 6.86. The van der Waals surface area contributed by atoms with Gasteiger partial charge in [0.15, 0.2) is 0 Å². The second-order valence-electron chi connectivity index (χ2n) is 7.49. The number of piperidine rings is 1. The van der Waals surface area contributed by atoms with Crippen LogP contribution < -0.4 is 0 Å². The highest BCUT2D eigenvalue weighted by Crippen LogP contribution is 2.30. The summed E-state index contributed by atoms with van der Waals surface area (Å²) in [4.78, 5) is 33.7. The van der Waals surface area contributed by atoms with Crippen LogP contribution in [0.25, 0.3) is 10.6 Å². The van der Waals surface area contributed by atoms with E-state index >= 15 is 0 Å². The third-order valence-electron chi connectivity index (χ3n) is 5.60. The second-order valence-corrected chi connectivity index (χ2v) is 8.75. The Morgan fingerprint density at radius 1 is 1.07 bits per heavy atom. The van der Waals surface area contributed by atoms with Crippen LogP contribution in [0.1, 0.15) is 31.4 Å². The van der Waals surface area contributed by atoms with E-state index < -0.39 is 0 Å². The van der Waals surface area contributed by atoms with Gasteiger partial charge in [-0.2, -0.15) is 0 Å². The van der Waals surface area contributed by atoms with Crippen LogP contribution in [0.15, 0.2) is 29.6 Å². The Balaban J connectivity index is 1.31. The molecule has 148 valence electrons. The molecule has 0 unspecified atom stereocenters. The van der Waals surface area contributed by atoms with Crippen LogP contribution in [0.4, 0.5) is 0 Å². The van der Waals surface area contributed by atoms with E-state index in [0.29, 0.717) is 24.5 Å². The molecule has 2 amide bonds. The fraction of sp³-hybridized carbons (Fsp3) is 0.476. The van der Waals surface area contributed by atoms with Crippen molar-refractivity contribution >= 4 is 34.8 Å². The van der Waals surface area contributed by atoms with Gasteiger partial charge in [-0.25, -0.2) is 4.98 Å². The fourth-order valence-corrected chi connectivity index (χ4v) is 5.12. The van der Waals surface area contributed by atoms with Gasteiger partial charge < -0.3 is 9.80 Å². The molecule has 28 heavy (non-hydrogen) atoms. The number of likely N-dealkylation sites (tertiary alicyclic amines) is 2. The van der Waals surface area contributed by atoms with Gasteiger partial charge in [-0.15, -0.1) is 11.3 Å². The number of hydrogen-bond donors (Lipinski definition) is 0. The van der Waals surface area contributed by atoms with Gasteiger partial charge in [-0.1, -0.05) is 29.8 Å². The van der Waals surface area contributed by atoms with Crippen LogP contribution >= 0.6 is 22.9 Å². The van der Waals surface area contributed by atoms with E-state index in [1.165, 1.54) is 11.3 Å². The van der Waals surface area contributed by atoms with E-state index in [2.05, 4.69) is 4.98 Å². The number of amides is 2. The Kier molecular flexibility index (Phi) is 5.97. The van der Waals surface area contributed by atoms with Gasteiger partial charge in [0, 0.05) is 43.0 Å². The van der Waals surface area contributed by atoms with E-state index in [-0.39, 0.29) is 17.7 Å². The van der Waals surface area contributed by atoms with Crippen LogP contribution in [0.3, 0.4) is 0 Å². The molecule has 2 aromatic rings. The number of halogens is 1. The van der Waals surface area contributed by atoms with Crippen LogP contribution in [-0.4, -0.2) is 52.8 Å². The van der Waals surface area contributed by atoms with E-state index in [1.54, 1.807) is 0 Å². The number of carbonyl (C=O) groups is 2. The minimum atomic E-state index is 0.0771. The van der Waals surface area contributed by atoms with Crippen molar-refractivity contribution in [3.63, 3.8) is 0 Å². The molecule has 0 atom stereocenters. The van der Waals surface area contributed by atoms with Crippen molar-refractivity contribution in [2.75, 3.05) is 26.2 Å². The Hall–Kier alpha value is -1.92. The molecule has 2 aliphatic rings. The van der Waals surface area contributed by atoms with Crippen LogP contribution in [0, 0.1) is 5.92 Å². The highest BCUT2D eigenvalue weighted by Gasteiger charge is 2.31. The van der Waals surface area contributed by atoms with Crippen molar-refractivity contribution in [2.45, 2.75) is 32.1 Å². The summed E-state index contributed by atoms with van der Waals surface area (Å²) in [5.41, 5.74) is 1.68. The zero-order valence-corrected chi connectivity index (χ0v) is 17.3. The highest BCUT2D eigenvalue weighted by molar-refractivity contribution is 7.13. The minimum absolute atomic E-state index is 0.0771. The molecule has 2 fully saturated rings.